The molecule has 0 aromatic heterocycles. The van der Waals surface area contributed by atoms with Crippen LogP contribution in [0.5, 0.6) is 5.75 Å². The maximum Gasteiger partial charge on any atom is 0.573 e. The lowest BCUT2D eigenvalue weighted by Crippen LogP contribution is -2.25. The van der Waals surface area contributed by atoms with Crippen LogP contribution in [0.2, 0.25) is 0 Å². The van der Waals surface area contributed by atoms with Gasteiger partial charge in [0, 0.05) is 17.7 Å². The van der Waals surface area contributed by atoms with Gasteiger partial charge < -0.3 is 10.1 Å². The smallest absolute Gasteiger partial charge is 0.405 e. The van der Waals surface area contributed by atoms with Gasteiger partial charge in [-0.1, -0.05) is 35.9 Å². The van der Waals surface area contributed by atoms with Gasteiger partial charge in [-0.2, -0.15) is 0 Å². The van der Waals surface area contributed by atoms with Crippen LogP contribution in [0.15, 0.2) is 42.5 Å². The average molecular weight is 323 g/mol. The van der Waals surface area contributed by atoms with Crippen LogP contribution in [0.3, 0.4) is 0 Å². The van der Waals surface area contributed by atoms with Crippen LogP contribution in [0.25, 0.3) is 0 Å². The second-order valence-electron chi connectivity index (χ2n) is 5.16. The SMILES string of the molecule is Cc1ccc(C(=O)NCc2ccccc2OC(F)(F)F)c(C)c1. The van der Waals surface area contributed by atoms with Gasteiger partial charge in [0.2, 0.25) is 0 Å². The van der Waals surface area contributed by atoms with Crippen molar-refractivity contribution in [1.29, 1.82) is 0 Å². The summed E-state index contributed by atoms with van der Waals surface area (Å²) in [6, 6.07) is 11.1. The minimum absolute atomic E-state index is 0.0571. The van der Waals surface area contributed by atoms with Gasteiger partial charge >= 0.3 is 6.36 Å². The van der Waals surface area contributed by atoms with Crippen LogP contribution in [0.1, 0.15) is 27.0 Å². The Bertz CT molecular complexity index is 711. The fourth-order valence-corrected chi connectivity index (χ4v) is 2.21. The fourth-order valence-electron chi connectivity index (χ4n) is 2.21. The number of nitrogens with one attached hydrogen (secondary N) is 1. The summed E-state index contributed by atoms with van der Waals surface area (Å²) in [6.45, 7) is 3.67. The van der Waals surface area contributed by atoms with Crippen LogP contribution in [-0.2, 0) is 6.54 Å². The van der Waals surface area contributed by atoms with Crippen LogP contribution in [0.4, 0.5) is 13.2 Å². The summed E-state index contributed by atoms with van der Waals surface area (Å²) in [5.41, 5.74) is 2.58. The number of halogens is 3. The Hall–Kier alpha value is -2.50. The lowest BCUT2D eigenvalue weighted by Gasteiger charge is -2.14. The number of para-hydroxylation sites is 1. The minimum atomic E-state index is -4.77. The van der Waals surface area contributed by atoms with Crippen molar-refractivity contribution in [2.24, 2.45) is 0 Å². The molecule has 2 aromatic rings. The molecule has 0 heterocycles. The average Bonchev–Trinajstić information content (AvgIpc) is 2.44. The number of amides is 1. The molecule has 122 valence electrons. The minimum Gasteiger partial charge on any atom is -0.405 e. The predicted octanol–water partition coefficient (Wildman–Crippen LogP) is 4.13. The molecule has 2 rings (SSSR count). The number of benzene rings is 2. The van der Waals surface area contributed by atoms with Gasteiger partial charge in [0.15, 0.2) is 0 Å². The summed E-state index contributed by atoms with van der Waals surface area (Å²) in [4.78, 5) is 12.2. The Kier molecular flexibility index (Phi) is 4.93. The highest BCUT2D eigenvalue weighted by atomic mass is 19.4. The quantitative estimate of drug-likeness (QED) is 0.918. The van der Waals surface area contributed by atoms with Gasteiger partial charge in [0.05, 0.1) is 0 Å². The van der Waals surface area contributed by atoms with Crippen molar-refractivity contribution >= 4 is 5.91 Å². The molecule has 3 nitrogen and oxygen atoms in total. The molecule has 0 saturated heterocycles. The van der Waals surface area contributed by atoms with Crippen molar-refractivity contribution in [3.63, 3.8) is 0 Å². The highest BCUT2D eigenvalue weighted by Gasteiger charge is 2.32. The molecular formula is C17H16F3NO2. The molecule has 0 atom stereocenters. The zero-order valence-electron chi connectivity index (χ0n) is 12.7. The number of hydrogen-bond donors (Lipinski definition) is 1. The van der Waals surface area contributed by atoms with Crippen LogP contribution >= 0.6 is 0 Å². The molecule has 0 bridgehead atoms. The van der Waals surface area contributed by atoms with E-state index in [1.54, 1.807) is 12.1 Å². The number of hydrogen-bond acceptors (Lipinski definition) is 2. The first-order valence-electron chi connectivity index (χ1n) is 6.95. The van der Waals surface area contributed by atoms with Crippen molar-refractivity contribution < 1.29 is 22.7 Å². The third-order valence-corrected chi connectivity index (χ3v) is 3.26. The van der Waals surface area contributed by atoms with Gasteiger partial charge in [-0.15, -0.1) is 13.2 Å². The molecule has 0 saturated carbocycles. The van der Waals surface area contributed by atoms with E-state index in [2.05, 4.69) is 10.1 Å². The van der Waals surface area contributed by atoms with E-state index < -0.39 is 6.36 Å². The summed E-state index contributed by atoms with van der Waals surface area (Å²) in [5, 5.41) is 2.62. The molecular weight excluding hydrogens is 307 g/mol. The monoisotopic (exact) mass is 323 g/mol. The van der Waals surface area contributed by atoms with Crippen LogP contribution in [0, 0.1) is 13.8 Å². The van der Waals surface area contributed by atoms with Gasteiger partial charge in [-0.05, 0) is 31.5 Å². The number of ether oxygens (including phenoxy) is 1. The zero-order valence-corrected chi connectivity index (χ0v) is 12.7. The summed E-state index contributed by atoms with van der Waals surface area (Å²) < 4.78 is 41.1. The maximum atomic E-state index is 12.4. The maximum absolute atomic E-state index is 12.4. The van der Waals surface area contributed by atoms with E-state index in [1.807, 2.05) is 26.0 Å². The van der Waals surface area contributed by atoms with Crippen molar-refractivity contribution in [2.45, 2.75) is 26.8 Å². The first-order valence-corrected chi connectivity index (χ1v) is 6.95. The van der Waals surface area contributed by atoms with E-state index in [4.69, 9.17) is 0 Å². The molecule has 6 heteroatoms. The summed E-state index contributed by atoms with van der Waals surface area (Å²) >= 11 is 0. The number of carbonyl (C=O) groups is 1. The Morgan fingerprint density at radius 1 is 1.13 bits per heavy atom. The number of rotatable bonds is 4. The topological polar surface area (TPSA) is 38.3 Å². The summed E-state index contributed by atoms with van der Waals surface area (Å²) in [6.07, 6.45) is -4.77. The van der Waals surface area contributed by atoms with E-state index in [-0.39, 0.29) is 23.8 Å². The lowest BCUT2D eigenvalue weighted by molar-refractivity contribution is -0.274. The standard InChI is InChI=1S/C17H16F3NO2/c1-11-7-8-14(12(2)9-11)16(22)21-10-13-5-3-4-6-15(13)23-17(18,19)20/h3-9H,10H2,1-2H3,(H,21,22). The molecule has 0 unspecified atom stereocenters. The van der Waals surface area contributed by atoms with Gasteiger partial charge in [0.1, 0.15) is 5.75 Å². The van der Waals surface area contributed by atoms with Crippen molar-refractivity contribution in [3.05, 3.63) is 64.7 Å². The molecule has 0 fully saturated rings. The molecule has 2 aromatic carbocycles. The van der Waals surface area contributed by atoms with Crippen molar-refractivity contribution in [3.8, 4) is 5.75 Å². The Labute approximate surface area is 132 Å². The molecule has 0 aliphatic carbocycles. The van der Waals surface area contributed by atoms with Crippen LogP contribution in [-0.4, -0.2) is 12.3 Å². The lowest BCUT2D eigenvalue weighted by atomic mass is 10.1. The molecule has 0 aliphatic heterocycles. The van der Waals surface area contributed by atoms with E-state index in [0.717, 1.165) is 11.1 Å². The Balaban J connectivity index is 2.10. The van der Waals surface area contributed by atoms with Crippen LogP contribution < -0.4 is 10.1 Å². The molecule has 0 radical (unpaired) electrons. The van der Waals surface area contributed by atoms with Gasteiger partial charge in [-0.25, -0.2) is 0 Å². The van der Waals surface area contributed by atoms with E-state index >= 15 is 0 Å². The summed E-state index contributed by atoms with van der Waals surface area (Å²) in [7, 11) is 0. The highest BCUT2D eigenvalue weighted by Crippen LogP contribution is 2.26. The van der Waals surface area contributed by atoms with E-state index in [0.29, 0.717) is 5.56 Å². The fraction of sp³-hybridized carbons (Fsp3) is 0.235. The predicted molar refractivity (Wildman–Crippen MR) is 80.2 cm³/mol. The molecule has 0 spiro atoms. The van der Waals surface area contributed by atoms with Gasteiger partial charge in [0.25, 0.3) is 5.91 Å². The van der Waals surface area contributed by atoms with E-state index in [9.17, 15) is 18.0 Å². The van der Waals surface area contributed by atoms with Crippen molar-refractivity contribution in [1.82, 2.24) is 5.32 Å². The Morgan fingerprint density at radius 3 is 2.48 bits per heavy atom. The Morgan fingerprint density at radius 2 is 1.83 bits per heavy atom. The normalized spacial score (nSPS) is 11.2. The third kappa shape index (κ3) is 4.74. The second-order valence-corrected chi connectivity index (χ2v) is 5.16. The van der Waals surface area contributed by atoms with E-state index in [1.165, 1.54) is 18.2 Å². The first-order chi connectivity index (χ1) is 10.8. The zero-order chi connectivity index (χ0) is 17.0. The number of aryl methyl sites for hydroxylation is 2. The molecule has 1 amide bonds. The molecule has 23 heavy (non-hydrogen) atoms. The third-order valence-electron chi connectivity index (χ3n) is 3.26. The first kappa shape index (κ1) is 16.9. The summed E-state index contributed by atoms with van der Waals surface area (Å²) in [5.74, 6) is -0.662. The molecule has 0 aliphatic rings. The van der Waals surface area contributed by atoms with Gasteiger partial charge in [-0.3, -0.25) is 4.79 Å². The largest absolute Gasteiger partial charge is 0.573 e. The number of carbonyl (C=O) groups excluding carboxylic acids is 1. The number of alkyl halides is 3. The highest BCUT2D eigenvalue weighted by molar-refractivity contribution is 5.95. The van der Waals surface area contributed by atoms with Crippen molar-refractivity contribution in [2.75, 3.05) is 0 Å². The molecule has 1 N–H and O–H groups in total. The second kappa shape index (κ2) is 6.73.